The van der Waals surface area contributed by atoms with Crippen LogP contribution in [0.5, 0.6) is 0 Å². The molecule has 3 amide bonds. The van der Waals surface area contributed by atoms with Gasteiger partial charge in [-0.3, -0.25) is 14.4 Å². The summed E-state index contributed by atoms with van der Waals surface area (Å²) in [4.78, 5) is 34.8. The van der Waals surface area contributed by atoms with Gasteiger partial charge in [-0.25, -0.2) is 0 Å². The second-order valence-corrected chi connectivity index (χ2v) is 4.86. The van der Waals surface area contributed by atoms with E-state index in [0.29, 0.717) is 5.75 Å². The smallest absolute Gasteiger partial charge is 0.241 e. The van der Waals surface area contributed by atoms with Crippen LogP contribution in [0.2, 0.25) is 0 Å². The van der Waals surface area contributed by atoms with Crippen LogP contribution in [0.4, 0.5) is 0 Å². The van der Waals surface area contributed by atoms with Gasteiger partial charge in [-0.1, -0.05) is 0 Å². The minimum absolute atomic E-state index is 0.287. The van der Waals surface area contributed by atoms with Gasteiger partial charge in [0.1, 0.15) is 0 Å². The fourth-order valence-electron chi connectivity index (χ4n) is 1.53. The molecule has 0 saturated carbocycles. The van der Waals surface area contributed by atoms with Gasteiger partial charge in [0, 0.05) is 18.1 Å². The third-order valence-electron chi connectivity index (χ3n) is 2.22. The molecule has 96 valence electrons. The van der Waals surface area contributed by atoms with E-state index in [4.69, 9.17) is 11.5 Å². The topological polar surface area (TPSA) is 119 Å². The molecular weight excluding hydrogens is 244 g/mol. The number of hydrogen-bond donors (Lipinski definition) is 3. The molecule has 0 aromatic carbocycles. The largest absolute Gasteiger partial charge is 0.368 e. The summed E-state index contributed by atoms with van der Waals surface area (Å²) in [6.45, 7) is 0.150. The van der Waals surface area contributed by atoms with E-state index in [2.05, 4.69) is 5.32 Å². The Labute approximate surface area is 103 Å². The fourth-order valence-corrected chi connectivity index (χ4v) is 2.46. The van der Waals surface area contributed by atoms with Gasteiger partial charge in [0.25, 0.3) is 0 Å². The highest BCUT2D eigenvalue weighted by molar-refractivity contribution is 7.99. The molecule has 1 unspecified atom stereocenters. The number of nitrogens with one attached hydrogen (secondary N) is 1. The lowest BCUT2D eigenvalue weighted by Gasteiger charge is -2.28. The predicted molar refractivity (Wildman–Crippen MR) is 64.1 cm³/mol. The molecular formula is C9H16N4O3S. The van der Waals surface area contributed by atoms with E-state index in [1.807, 2.05) is 0 Å². The van der Waals surface area contributed by atoms with Gasteiger partial charge in [0.15, 0.2) is 0 Å². The van der Waals surface area contributed by atoms with Crippen LogP contribution in [0.3, 0.4) is 0 Å². The molecule has 0 aliphatic carbocycles. The summed E-state index contributed by atoms with van der Waals surface area (Å²) >= 11 is 1.64. The molecule has 0 aromatic heterocycles. The Kier molecular flexibility index (Phi) is 5.23. The van der Waals surface area contributed by atoms with Crippen molar-refractivity contribution in [3.8, 4) is 0 Å². The van der Waals surface area contributed by atoms with Gasteiger partial charge >= 0.3 is 0 Å². The van der Waals surface area contributed by atoms with Gasteiger partial charge in [0.2, 0.25) is 17.7 Å². The molecule has 0 radical (unpaired) electrons. The highest BCUT2D eigenvalue weighted by atomic mass is 32.2. The Morgan fingerprint density at radius 2 is 1.82 bits per heavy atom. The zero-order chi connectivity index (χ0) is 12.8. The van der Waals surface area contributed by atoms with Crippen molar-refractivity contribution in [2.45, 2.75) is 6.04 Å². The van der Waals surface area contributed by atoms with Gasteiger partial charge in [-0.15, -0.1) is 0 Å². The lowest BCUT2D eigenvalue weighted by Crippen LogP contribution is -2.54. The normalized spacial score (nSPS) is 19.6. The molecule has 1 saturated heterocycles. The molecule has 1 fully saturated rings. The summed E-state index contributed by atoms with van der Waals surface area (Å²) in [5.74, 6) is -0.0802. The number of rotatable bonds is 5. The predicted octanol–water partition coefficient (Wildman–Crippen LogP) is -2.51. The average molecular weight is 260 g/mol. The second-order valence-electron chi connectivity index (χ2n) is 3.71. The van der Waals surface area contributed by atoms with Gasteiger partial charge < -0.3 is 21.7 Å². The van der Waals surface area contributed by atoms with Crippen LogP contribution < -0.4 is 16.8 Å². The van der Waals surface area contributed by atoms with Crippen LogP contribution in [0.15, 0.2) is 0 Å². The quantitative estimate of drug-likeness (QED) is 0.504. The second kappa shape index (κ2) is 6.45. The van der Waals surface area contributed by atoms with Gasteiger partial charge in [-0.05, 0) is 0 Å². The third-order valence-corrected chi connectivity index (χ3v) is 3.29. The Hall–Kier alpha value is -1.28. The molecule has 0 spiro atoms. The van der Waals surface area contributed by atoms with Crippen LogP contribution >= 0.6 is 11.8 Å². The van der Waals surface area contributed by atoms with Crippen LogP contribution in [0.25, 0.3) is 0 Å². The average Bonchev–Trinajstić information content (AvgIpc) is 2.27. The standard InChI is InChI=1S/C9H16N4O3S/c10-7(14)3-13(4-8(11)15)9(16)6-5-17-2-1-12-6/h6,12H,1-5H2,(H2,10,14)(H2,11,15). The minimum atomic E-state index is -0.664. The molecule has 1 heterocycles. The maximum absolute atomic E-state index is 12.0. The molecule has 8 heteroatoms. The van der Waals surface area contributed by atoms with Crippen molar-refractivity contribution in [2.75, 3.05) is 31.1 Å². The first-order chi connectivity index (χ1) is 8.00. The number of nitrogens with zero attached hydrogens (tertiary/aromatic N) is 1. The SMILES string of the molecule is NC(=O)CN(CC(N)=O)C(=O)C1CSCCN1. The summed E-state index contributed by atoms with van der Waals surface area (Å²) < 4.78 is 0. The first-order valence-electron chi connectivity index (χ1n) is 5.17. The first-order valence-corrected chi connectivity index (χ1v) is 6.32. The molecule has 1 aliphatic rings. The molecule has 0 bridgehead atoms. The van der Waals surface area contributed by atoms with Crippen molar-refractivity contribution < 1.29 is 14.4 Å². The molecule has 1 rings (SSSR count). The highest BCUT2D eigenvalue weighted by Crippen LogP contribution is 2.09. The molecule has 0 aromatic rings. The Bertz CT molecular complexity index is 301. The lowest BCUT2D eigenvalue weighted by molar-refractivity contribution is -0.139. The lowest BCUT2D eigenvalue weighted by atomic mass is 10.2. The van der Waals surface area contributed by atoms with E-state index in [9.17, 15) is 14.4 Å². The number of amides is 3. The van der Waals surface area contributed by atoms with E-state index < -0.39 is 11.8 Å². The Morgan fingerprint density at radius 3 is 2.24 bits per heavy atom. The van der Waals surface area contributed by atoms with Crippen molar-refractivity contribution in [1.29, 1.82) is 0 Å². The summed E-state index contributed by atoms with van der Waals surface area (Å²) in [5.41, 5.74) is 10.1. The number of hydrogen-bond acceptors (Lipinski definition) is 5. The van der Waals surface area contributed by atoms with Crippen molar-refractivity contribution in [3.05, 3.63) is 0 Å². The third kappa shape index (κ3) is 4.61. The van der Waals surface area contributed by atoms with Crippen molar-refractivity contribution in [3.63, 3.8) is 0 Å². The van der Waals surface area contributed by atoms with Crippen molar-refractivity contribution in [2.24, 2.45) is 11.5 Å². The number of carbonyl (C=O) groups excluding carboxylic acids is 3. The van der Waals surface area contributed by atoms with E-state index in [1.54, 1.807) is 11.8 Å². The summed E-state index contributed by atoms with van der Waals surface area (Å²) in [7, 11) is 0. The first kappa shape index (κ1) is 13.8. The van der Waals surface area contributed by atoms with Crippen LogP contribution in [0.1, 0.15) is 0 Å². The Balaban J connectivity index is 2.63. The highest BCUT2D eigenvalue weighted by Gasteiger charge is 2.27. The molecule has 7 nitrogen and oxygen atoms in total. The van der Waals surface area contributed by atoms with E-state index >= 15 is 0 Å². The molecule has 1 atom stereocenters. The number of carbonyl (C=O) groups is 3. The summed E-state index contributed by atoms with van der Waals surface area (Å²) in [6, 6.07) is -0.382. The maximum atomic E-state index is 12.0. The van der Waals surface area contributed by atoms with Crippen molar-refractivity contribution in [1.82, 2.24) is 10.2 Å². The summed E-state index contributed by atoms with van der Waals surface area (Å²) in [6.07, 6.45) is 0. The maximum Gasteiger partial charge on any atom is 0.241 e. The number of nitrogens with two attached hydrogens (primary N) is 2. The van der Waals surface area contributed by atoms with Crippen molar-refractivity contribution >= 4 is 29.5 Å². The van der Waals surface area contributed by atoms with Crippen LogP contribution in [-0.2, 0) is 14.4 Å². The zero-order valence-electron chi connectivity index (χ0n) is 9.35. The molecule has 17 heavy (non-hydrogen) atoms. The van der Waals surface area contributed by atoms with E-state index in [1.165, 1.54) is 0 Å². The van der Waals surface area contributed by atoms with Crippen LogP contribution in [0, 0.1) is 0 Å². The van der Waals surface area contributed by atoms with Gasteiger partial charge in [-0.2, -0.15) is 11.8 Å². The fraction of sp³-hybridized carbons (Fsp3) is 0.667. The molecule has 1 aliphatic heterocycles. The van der Waals surface area contributed by atoms with E-state index in [-0.39, 0.29) is 25.0 Å². The zero-order valence-corrected chi connectivity index (χ0v) is 10.2. The summed E-state index contributed by atoms with van der Waals surface area (Å²) in [5, 5.41) is 3.03. The molecule has 5 N–H and O–H groups in total. The number of thioether (sulfide) groups is 1. The van der Waals surface area contributed by atoms with Gasteiger partial charge in [0.05, 0.1) is 19.1 Å². The Morgan fingerprint density at radius 1 is 1.24 bits per heavy atom. The van der Waals surface area contributed by atoms with Crippen LogP contribution in [-0.4, -0.2) is 59.8 Å². The van der Waals surface area contributed by atoms with E-state index in [0.717, 1.165) is 17.2 Å². The minimum Gasteiger partial charge on any atom is -0.368 e. The number of primary amides is 2. The monoisotopic (exact) mass is 260 g/mol.